The number of nitrogens with zero attached hydrogens (tertiary/aromatic N) is 1. The van der Waals surface area contributed by atoms with Crippen LogP contribution in [-0.2, 0) is 0 Å². The Labute approximate surface area is 106 Å². The maximum absolute atomic E-state index is 9.64. The van der Waals surface area contributed by atoms with Crippen LogP contribution in [0.2, 0.25) is 0 Å². The van der Waals surface area contributed by atoms with Crippen LogP contribution < -0.4 is 5.73 Å². The molecule has 17 heavy (non-hydrogen) atoms. The Hall–Kier alpha value is -0.120. The molecule has 1 rings (SSSR count). The molecule has 0 aromatic rings. The number of hydrogen-bond acceptors (Lipinski definition) is 3. The molecule has 0 aromatic carbocycles. The highest BCUT2D eigenvalue weighted by Gasteiger charge is 2.32. The van der Waals surface area contributed by atoms with Crippen LogP contribution in [0.5, 0.6) is 0 Å². The van der Waals surface area contributed by atoms with Crippen LogP contribution >= 0.6 is 0 Å². The van der Waals surface area contributed by atoms with E-state index in [1.165, 1.54) is 12.8 Å². The largest absolute Gasteiger partial charge is 0.395 e. The molecule has 0 bridgehead atoms. The van der Waals surface area contributed by atoms with Crippen molar-refractivity contribution in [3.8, 4) is 0 Å². The molecule has 1 fully saturated rings. The fourth-order valence-electron chi connectivity index (χ4n) is 2.97. The summed E-state index contributed by atoms with van der Waals surface area (Å²) >= 11 is 0. The predicted octanol–water partition coefficient (Wildman–Crippen LogP) is 1.84. The molecular weight excluding hydrogens is 212 g/mol. The molecule has 1 aliphatic rings. The van der Waals surface area contributed by atoms with Crippen LogP contribution in [0.15, 0.2) is 0 Å². The predicted molar refractivity (Wildman–Crippen MR) is 72.9 cm³/mol. The average molecular weight is 242 g/mol. The van der Waals surface area contributed by atoms with Gasteiger partial charge in [-0.2, -0.15) is 0 Å². The van der Waals surface area contributed by atoms with Gasteiger partial charge in [-0.05, 0) is 38.0 Å². The van der Waals surface area contributed by atoms with Crippen molar-refractivity contribution >= 4 is 0 Å². The van der Waals surface area contributed by atoms with Crippen molar-refractivity contribution in [2.75, 3.05) is 13.2 Å². The fourth-order valence-corrected chi connectivity index (χ4v) is 2.97. The summed E-state index contributed by atoms with van der Waals surface area (Å²) < 4.78 is 0. The third-order valence-electron chi connectivity index (χ3n) is 4.02. The number of likely N-dealkylation sites (tertiary alicyclic amines) is 1. The second-order valence-corrected chi connectivity index (χ2v) is 6.27. The quantitative estimate of drug-likeness (QED) is 0.773. The van der Waals surface area contributed by atoms with Crippen molar-refractivity contribution in [2.45, 2.75) is 65.1 Å². The van der Waals surface area contributed by atoms with Crippen molar-refractivity contribution in [1.29, 1.82) is 0 Å². The minimum Gasteiger partial charge on any atom is -0.395 e. The molecule has 0 radical (unpaired) electrons. The number of rotatable bonds is 5. The van der Waals surface area contributed by atoms with Crippen LogP contribution in [0.1, 0.15) is 47.0 Å². The van der Waals surface area contributed by atoms with E-state index in [9.17, 15) is 5.11 Å². The fraction of sp³-hybridized carbons (Fsp3) is 1.00. The number of aliphatic hydroxyl groups is 1. The van der Waals surface area contributed by atoms with Gasteiger partial charge in [-0.1, -0.05) is 20.8 Å². The first kappa shape index (κ1) is 14.9. The second-order valence-electron chi connectivity index (χ2n) is 6.27. The molecule has 0 amide bonds. The first-order valence-electron chi connectivity index (χ1n) is 7.07. The monoisotopic (exact) mass is 242 g/mol. The summed E-state index contributed by atoms with van der Waals surface area (Å²) in [6.45, 7) is 10.2. The molecular formula is C14H30N2O. The molecule has 1 aliphatic heterocycles. The summed E-state index contributed by atoms with van der Waals surface area (Å²) in [5.74, 6) is 1.32. The maximum atomic E-state index is 9.64. The molecule has 0 saturated carbocycles. The molecule has 0 aromatic heterocycles. The van der Waals surface area contributed by atoms with Gasteiger partial charge in [0.2, 0.25) is 0 Å². The van der Waals surface area contributed by atoms with Crippen LogP contribution in [0.4, 0.5) is 0 Å². The van der Waals surface area contributed by atoms with Crippen molar-refractivity contribution in [3.63, 3.8) is 0 Å². The van der Waals surface area contributed by atoms with E-state index in [2.05, 4.69) is 32.6 Å². The molecule has 102 valence electrons. The highest BCUT2D eigenvalue weighted by Crippen LogP contribution is 2.25. The van der Waals surface area contributed by atoms with Gasteiger partial charge in [0.1, 0.15) is 0 Å². The molecule has 1 saturated heterocycles. The standard InChI is InChI=1S/C14H30N2O/c1-10(2)7-13(15)14(9-17)16-8-11(3)5-6-12(16)4/h10-14,17H,5-9,15H2,1-4H3. The molecule has 0 spiro atoms. The van der Waals surface area contributed by atoms with Gasteiger partial charge >= 0.3 is 0 Å². The van der Waals surface area contributed by atoms with E-state index in [0.717, 1.165) is 18.9 Å². The van der Waals surface area contributed by atoms with E-state index in [0.29, 0.717) is 12.0 Å². The zero-order valence-electron chi connectivity index (χ0n) is 11.9. The molecule has 3 N–H and O–H groups in total. The summed E-state index contributed by atoms with van der Waals surface area (Å²) in [5, 5.41) is 9.64. The minimum absolute atomic E-state index is 0.0905. The van der Waals surface area contributed by atoms with E-state index in [1.807, 2.05) is 0 Å². The SMILES string of the molecule is CC(C)CC(N)C(CO)N1CC(C)CCC1C. The average Bonchev–Trinajstić information content (AvgIpc) is 2.23. The van der Waals surface area contributed by atoms with Crippen molar-refractivity contribution in [2.24, 2.45) is 17.6 Å². The van der Waals surface area contributed by atoms with Crippen molar-refractivity contribution in [3.05, 3.63) is 0 Å². The normalized spacial score (nSPS) is 30.5. The summed E-state index contributed by atoms with van der Waals surface area (Å²) in [6.07, 6.45) is 3.52. The van der Waals surface area contributed by atoms with Gasteiger partial charge in [-0.15, -0.1) is 0 Å². The Balaban J connectivity index is 2.64. The van der Waals surface area contributed by atoms with E-state index >= 15 is 0 Å². The lowest BCUT2D eigenvalue weighted by atomic mass is 9.90. The number of hydrogen-bond donors (Lipinski definition) is 2. The molecule has 4 atom stereocenters. The third kappa shape index (κ3) is 4.23. The van der Waals surface area contributed by atoms with E-state index in [4.69, 9.17) is 5.73 Å². The lowest BCUT2D eigenvalue weighted by molar-refractivity contribution is 0.0290. The van der Waals surface area contributed by atoms with E-state index in [1.54, 1.807) is 0 Å². The van der Waals surface area contributed by atoms with Crippen molar-refractivity contribution in [1.82, 2.24) is 4.90 Å². The highest BCUT2D eigenvalue weighted by atomic mass is 16.3. The van der Waals surface area contributed by atoms with Gasteiger partial charge in [0.15, 0.2) is 0 Å². The highest BCUT2D eigenvalue weighted by molar-refractivity contribution is 4.88. The topological polar surface area (TPSA) is 49.5 Å². The Morgan fingerprint density at radius 2 is 1.94 bits per heavy atom. The number of aliphatic hydroxyl groups excluding tert-OH is 1. The molecule has 3 nitrogen and oxygen atoms in total. The van der Waals surface area contributed by atoms with E-state index < -0.39 is 0 Å². The molecule has 1 heterocycles. The smallest absolute Gasteiger partial charge is 0.0602 e. The van der Waals surface area contributed by atoms with Gasteiger partial charge < -0.3 is 10.8 Å². The molecule has 4 unspecified atom stereocenters. The van der Waals surface area contributed by atoms with Crippen LogP contribution in [0, 0.1) is 11.8 Å². The first-order valence-corrected chi connectivity index (χ1v) is 7.07. The van der Waals surface area contributed by atoms with E-state index in [-0.39, 0.29) is 18.7 Å². The Kier molecular flexibility index (Phi) is 5.90. The van der Waals surface area contributed by atoms with Gasteiger partial charge in [-0.3, -0.25) is 4.90 Å². The third-order valence-corrected chi connectivity index (χ3v) is 4.02. The second kappa shape index (κ2) is 6.72. The Morgan fingerprint density at radius 3 is 2.47 bits per heavy atom. The van der Waals surface area contributed by atoms with Gasteiger partial charge in [-0.25, -0.2) is 0 Å². The summed E-state index contributed by atoms with van der Waals surface area (Å²) in [5.41, 5.74) is 6.27. The Bertz CT molecular complexity index is 220. The van der Waals surface area contributed by atoms with Gasteiger partial charge in [0.05, 0.1) is 6.61 Å². The maximum Gasteiger partial charge on any atom is 0.0602 e. The van der Waals surface area contributed by atoms with Crippen molar-refractivity contribution < 1.29 is 5.11 Å². The minimum atomic E-state index is 0.0905. The van der Waals surface area contributed by atoms with Crippen LogP contribution in [-0.4, -0.2) is 41.3 Å². The zero-order chi connectivity index (χ0) is 13.0. The van der Waals surface area contributed by atoms with Crippen LogP contribution in [0.25, 0.3) is 0 Å². The van der Waals surface area contributed by atoms with Crippen LogP contribution in [0.3, 0.4) is 0 Å². The number of nitrogens with two attached hydrogens (primary N) is 1. The lowest BCUT2D eigenvalue weighted by Crippen LogP contribution is -2.56. The van der Waals surface area contributed by atoms with Gasteiger partial charge in [0, 0.05) is 24.7 Å². The molecule has 0 aliphatic carbocycles. The molecule has 3 heteroatoms. The summed E-state index contributed by atoms with van der Waals surface area (Å²) in [7, 11) is 0. The zero-order valence-corrected chi connectivity index (χ0v) is 11.9. The first-order chi connectivity index (χ1) is 7.95. The number of piperidine rings is 1. The lowest BCUT2D eigenvalue weighted by Gasteiger charge is -2.43. The Morgan fingerprint density at radius 1 is 1.29 bits per heavy atom. The van der Waals surface area contributed by atoms with Gasteiger partial charge in [0.25, 0.3) is 0 Å². The summed E-state index contributed by atoms with van der Waals surface area (Å²) in [4.78, 5) is 2.43. The summed E-state index contributed by atoms with van der Waals surface area (Å²) in [6, 6.07) is 0.782.